The molecule has 0 bridgehead atoms. The van der Waals surface area contributed by atoms with Gasteiger partial charge in [-0.3, -0.25) is 0 Å². The number of fused-ring (bicyclic) bond motifs is 1. The summed E-state index contributed by atoms with van der Waals surface area (Å²) >= 11 is 0. The molecule has 0 radical (unpaired) electrons. The number of rotatable bonds is 6. The molecule has 0 saturated carbocycles. The van der Waals surface area contributed by atoms with Gasteiger partial charge in [0, 0.05) is 43.9 Å². The number of amides is 2. The third-order valence-corrected chi connectivity index (χ3v) is 7.61. The molecule has 2 N–H and O–H groups in total. The molecule has 0 atom stereocenters. The van der Waals surface area contributed by atoms with Crippen LogP contribution in [0.2, 0.25) is 0 Å². The first-order valence-electron chi connectivity index (χ1n) is 12.4. The highest BCUT2D eigenvalue weighted by Gasteiger charge is 2.30. The van der Waals surface area contributed by atoms with E-state index in [4.69, 9.17) is 4.74 Å². The smallest absolute Gasteiger partial charge is 0.406 e. The summed E-state index contributed by atoms with van der Waals surface area (Å²) in [5, 5.41) is 6.30. The lowest BCUT2D eigenvalue weighted by molar-refractivity contribution is -0.140. The van der Waals surface area contributed by atoms with Crippen molar-refractivity contribution in [2.24, 2.45) is 0 Å². The van der Waals surface area contributed by atoms with Crippen molar-refractivity contribution in [3.05, 3.63) is 48.2 Å². The molecule has 1 fully saturated rings. The van der Waals surface area contributed by atoms with Crippen LogP contribution in [0.4, 0.5) is 29.3 Å². The van der Waals surface area contributed by atoms with Crippen LogP contribution in [-0.2, 0) is 16.4 Å². The third-order valence-electron chi connectivity index (χ3n) is 6.50. The van der Waals surface area contributed by atoms with Crippen molar-refractivity contribution >= 4 is 38.1 Å². The fourth-order valence-corrected chi connectivity index (χ4v) is 5.01. The number of nitrogens with one attached hydrogen (secondary N) is 2. The van der Waals surface area contributed by atoms with Crippen molar-refractivity contribution in [1.29, 1.82) is 0 Å². The SMILES string of the molecule is COc1cc(S(C)(=O)=O)ccc1NCC#Cc1cc2c(NC(=O)N3CCN(C)CC3)cccc2n1CC(F)(F)F. The van der Waals surface area contributed by atoms with Gasteiger partial charge < -0.3 is 29.7 Å². The molecule has 0 spiro atoms. The maximum atomic E-state index is 13.5. The summed E-state index contributed by atoms with van der Waals surface area (Å²) in [4.78, 5) is 16.7. The summed E-state index contributed by atoms with van der Waals surface area (Å²) in [5.74, 6) is 5.92. The van der Waals surface area contributed by atoms with E-state index in [1.807, 2.05) is 7.05 Å². The second-order valence-corrected chi connectivity index (χ2v) is 11.5. The normalized spacial score (nSPS) is 14.5. The van der Waals surface area contributed by atoms with E-state index in [-0.39, 0.29) is 28.9 Å². The third kappa shape index (κ3) is 7.00. The summed E-state index contributed by atoms with van der Waals surface area (Å²) in [5.41, 5.74) is 1.31. The molecule has 1 saturated heterocycles. The molecule has 2 aromatic carbocycles. The van der Waals surface area contributed by atoms with Crippen molar-refractivity contribution in [2.45, 2.75) is 17.6 Å². The number of hydrogen-bond donors (Lipinski definition) is 2. The van der Waals surface area contributed by atoms with Crippen LogP contribution in [0.5, 0.6) is 5.75 Å². The molecular formula is C27H30F3N5O4S. The Morgan fingerprint density at radius 3 is 2.45 bits per heavy atom. The van der Waals surface area contributed by atoms with Crippen LogP contribution in [0.25, 0.3) is 10.9 Å². The van der Waals surface area contributed by atoms with E-state index in [9.17, 15) is 26.4 Å². The van der Waals surface area contributed by atoms with E-state index >= 15 is 0 Å². The van der Waals surface area contributed by atoms with Gasteiger partial charge in [-0.25, -0.2) is 13.2 Å². The lowest BCUT2D eigenvalue weighted by Crippen LogP contribution is -2.48. The van der Waals surface area contributed by atoms with Crippen LogP contribution in [0.3, 0.4) is 0 Å². The number of benzene rings is 2. The summed E-state index contributed by atoms with van der Waals surface area (Å²) in [7, 11) is -0.0556. The number of aromatic nitrogens is 1. The highest BCUT2D eigenvalue weighted by atomic mass is 32.2. The fraction of sp³-hybridized carbons (Fsp3) is 0.370. The van der Waals surface area contributed by atoms with Crippen LogP contribution >= 0.6 is 0 Å². The Labute approximate surface area is 230 Å². The van der Waals surface area contributed by atoms with Crippen molar-refractivity contribution in [2.75, 3.05) is 63.8 Å². The molecule has 40 heavy (non-hydrogen) atoms. The molecule has 3 aromatic rings. The Morgan fingerprint density at radius 1 is 1.07 bits per heavy atom. The van der Waals surface area contributed by atoms with Crippen molar-refractivity contribution in [1.82, 2.24) is 14.4 Å². The van der Waals surface area contributed by atoms with Gasteiger partial charge in [0.2, 0.25) is 0 Å². The number of carbonyl (C=O) groups excluding carboxylic acids is 1. The minimum atomic E-state index is -4.49. The molecule has 13 heteroatoms. The van der Waals surface area contributed by atoms with E-state index in [2.05, 4.69) is 27.4 Å². The number of likely N-dealkylation sites (N-methyl/N-ethyl adjacent to an activating group) is 1. The van der Waals surface area contributed by atoms with Crippen molar-refractivity contribution in [3.8, 4) is 17.6 Å². The monoisotopic (exact) mass is 577 g/mol. The number of ether oxygens (including phenoxy) is 1. The minimum Gasteiger partial charge on any atom is -0.495 e. The van der Waals surface area contributed by atoms with Crippen LogP contribution in [0.15, 0.2) is 47.4 Å². The summed E-state index contributed by atoms with van der Waals surface area (Å²) < 4.78 is 70.5. The van der Waals surface area contributed by atoms with Crippen LogP contribution in [-0.4, -0.2) is 88.1 Å². The number of alkyl halides is 3. The Bertz CT molecular complexity index is 1570. The van der Waals surface area contributed by atoms with Gasteiger partial charge >= 0.3 is 12.2 Å². The van der Waals surface area contributed by atoms with E-state index in [0.717, 1.165) is 23.9 Å². The maximum absolute atomic E-state index is 13.5. The van der Waals surface area contributed by atoms with Gasteiger partial charge in [-0.1, -0.05) is 12.0 Å². The van der Waals surface area contributed by atoms with Crippen LogP contribution < -0.4 is 15.4 Å². The number of piperazine rings is 1. The average Bonchev–Trinajstić information content (AvgIpc) is 3.23. The molecule has 9 nitrogen and oxygen atoms in total. The second-order valence-electron chi connectivity index (χ2n) is 9.48. The van der Waals surface area contributed by atoms with E-state index in [0.29, 0.717) is 35.4 Å². The number of nitrogens with zero attached hydrogens (tertiary/aromatic N) is 3. The molecule has 1 aliphatic heterocycles. The average molecular weight is 578 g/mol. The molecule has 0 aliphatic carbocycles. The first-order chi connectivity index (χ1) is 18.9. The number of halogens is 3. The van der Waals surface area contributed by atoms with E-state index in [1.54, 1.807) is 23.1 Å². The first-order valence-corrected chi connectivity index (χ1v) is 14.3. The zero-order valence-corrected chi connectivity index (χ0v) is 23.1. The highest BCUT2D eigenvalue weighted by Crippen LogP contribution is 2.31. The Balaban J connectivity index is 1.59. The van der Waals surface area contributed by atoms with E-state index < -0.39 is 22.6 Å². The van der Waals surface area contributed by atoms with Gasteiger partial charge in [0.25, 0.3) is 0 Å². The van der Waals surface area contributed by atoms with Gasteiger partial charge in [0.05, 0.1) is 41.1 Å². The summed E-state index contributed by atoms with van der Waals surface area (Å²) in [6.07, 6.45) is -3.40. The zero-order valence-electron chi connectivity index (χ0n) is 22.3. The molecule has 214 valence electrons. The van der Waals surface area contributed by atoms with E-state index in [1.165, 1.54) is 31.4 Å². The summed E-state index contributed by atoms with van der Waals surface area (Å²) in [6.45, 7) is 1.39. The standard InChI is InChI=1S/C27H30F3N5O4S/c1-33-12-14-34(15-13-33)26(36)32-22-7-4-8-24-21(22)16-19(35(24)18-27(28,29)30)6-5-11-31-23-10-9-20(40(3,37)38)17-25(23)39-2/h4,7-10,16-17,31H,11-15,18H2,1-3H3,(H,32,36). The number of sulfone groups is 1. The highest BCUT2D eigenvalue weighted by molar-refractivity contribution is 7.90. The molecule has 0 unspecified atom stereocenters. The first kappa shape index (κ1) is 29.1. The quantitative estimate of drug-likeness (QED) is 0.432. The van der Waals surface area contributed by atoms with Gasteiger partial charge in [-0.15, -0.1) is 0 Å². The number of hydrogen-bond acceptors (Lipinski definition) is 6. The largest absolute Gasteiger partial charge is 0.495 e. The minimum absolute atomic E-state index is 0.0507. The summed E-state index contributed by atoms with van der Waals surface area (Å²) in [6, 6.07) is 10.4. The second kappa shape index (κ2) is 11.7. The lowest BCUT2D eigenvalue weighted by atomic mass is 10.2. The van der Waals surface area contributed by atoms with Crippen molar-refractivity contribution in [3.63, 3.8) is 0 Å². The molecule has 1 aromatic heterocycles. The number of anilines is 2. The van der Waals surface area contributed by atoms with Gasteiger partial charge in [-0.2, -0.15) is 13.2 Å². The predicted octanol–water partition coefficient (Wildman–Crippen LogP) is 3.86. The molecular weight excluding hydrogens is 547 g/mol. The molecule has 4 rings (SSSR count). The topological polar surface area (TPSA) is 95.9 Å². The Hall–Kier alpha value is -3.89. The van der Waals surface area contributed by atoms with Crippen LogP contribution in [0, 0.1) is 11.8 Å². The number of urea groups is 1. The maximum Gasteiger partial charge on any atom is 0.406 e. The van der Waals surface area contributed by atoms with Gasteiger partial charge in [0.15, 0.2) is 9.84 Å². The predicted molar refractivity (Wildman–Crippen MR) is 148 cm³/mol. The Kier molecular flexibility index (Phi) is 8.51. The molecule has 2 amide bonds. The van der Waals surface area contributed by atoms with Crippen molar-refractivity contribution < 1.29 is 31.1 Å². The van der Waals surface area contributed by atoms with Gasteiger partial charge in [-0.05, 0) is 43.3 Å². The Morgan fingerprint density at radius 2 is 1.80 bits per heavy atom. The number of methoxy groups -OCH3 is 1. The van der Waals surface area contributed by atoms with Gasteiger partial charge in [0.1, 0.15) is 12.3 Å². The molecule has 1 aliphatic rings. The lowest BCUT2D eigenvalue weighted by Gasteiger charge is -2.32. The van der Waals surface area contributed by atoms with Crippen LogP contribution in [0.1, 0.15) is 5.69 Å². The fourth-order valence-electron chi connectivity index (χ4n) is 4.37. The molecule has 2 heterocycles. The zero-order chi connectivity index (χ0) is 29.1. The number of carbonyl (C=O) groups is 1.